The molecule has 104 valence electrons. The molecule has 0 amide bonds. The van der Waals surface area contributed by atoms with Gasteiger partial charge >= 0.3 is 0 Å². The molecule has 3 rings (SSSR count). The molecule has 0 saturated heterocycles. The van der Waals surface area contributed by atoms with E-state index in [2.05, 4.69) is 12.1 Å². The molecule has 1 unspecified atom stereocenters. The molecule has 0 spiro atoms. The molecule has 2 aromatic carbocycles. The maximum Gasteiger partial charge on any atom is 0.126 e. The molecule has 0 aromatic heterocycles. The van der Waals surface area contributed by atoms with Gasteiger partial charge < -0.3 is 5.73 Å². The Morgan fingerprint density at radius 1 is 1.05 bits per heavy atom. The van der Waals surface area contributed by atoms with E-state index in [-0.39, 0.29) is 5.82 Å². The fourth-order valence-electron chi connectivity index (χ4n) is 3.03. The maximum atomic E-state index is 13.8. The summed E-state index contributed by atoms with van der Waals surface area (Å²) in [5.74, 6) is -0.795. The smallest absolute Gasteiger partial charge is 0.126 e. The first-order valence-electron chi connectivity index (χ1n) is 6.85. The van der Waals surface area contributed by atoms with Crippen molar-refractivity contribution in [1.82, 2.24) is 0 Å². The van der Waals surface area contributed by atoms with Gasteiger partial charge in [-0.25, -0.2) is 8.78 Å². The molecule has 0 heterocycles. The van der Waals surface area contributed by atoms with Gasteiger partial charge in [-0.1, -0.05) is 24.3 Å². The highest BCUT2D eigenvalue weighted by Gasteiger charge is 2.31. The minimum atomic E-state index is -0.497. The van der Waals surface area contributed by atoms with Crippen molar-refractivity contribution >= 4 is 0 Å². The van der Waals surface area contributed by atoms with Crippen LogP contribution >= 0.6 is 0 Å². The first-order chi connectivity index (χ1) is 9.56. The zero-order valence-electron chi connectivity index (χ0n) is 11.2. The van der Waals surface area contributed by atoms with Crippen LogP contribution in [0.1, 0.15) is 23.1 Å². The molecular formula is C17H17F2N. The van der Waals surface area contributed by atoms with Crippen molar-refractivity contribution in [2.75, 3.05) is 0 Å². The maximum absolute atomic E-state index is 13.8. The molecule has 0 bridgehead atoms. The minimum Gasteiger partial charge on any atom is -0.324 e. The van der Waals surface area contributed by atoms with Crippen LogP contribution in [0.2, 0.25) is 0 Å². The molecule has 2 aromatic rings. The quantitative estimate of drug-likeness (QED) is 0.891. The highest BCUT2D eigenvalue weighted by Crippen LogP contribution is 2.30. The van der Waals surface area contributed by atoms with Crippen molar-refractivity contribution < 1.29 is 8.78 Å². The van der Waals surface area contributed by atoms with Gasteiger partial charge in [0.05, 0.1) is 0 Å². The minimum absolute atomic E-state index is 0.366. The van der Waals surface area contributed by atoms with E-state index >= 15 is 0 Å². The molecule has 20 heavy (non-hydrogen) atoms. The molecule has 0 aliphatic heterocycles. The first kappa shape index (κ1) is 13.3. The van der Waals surface area contributed by atoms with Crippen LogP contribution in [0.5, 0.6) is 0 Å². The lowest BCUT2D eigenvalue weighted by Gasteiger charge is -2.35. The number of hydrogen-bond acceptors (Lipinski definition) is 1. The summed E-state index contributed by atoms with van der Waals surface area (Å²) in [6.07, 6.45) is 2.76. The Hall–Kier alpha value is -1.74. The largest absolute Gasteiger partial charge is 0.324 e. The number of aryl methyl sites for hydroxylation is 1. The molecule has 1 atom stereocenters. The fraction of sp³-hybridized carbons (Fsp3) is 0.294. The SMILES string of the molecule is NC1(Cc2cc(F)ccc2F)CCc2ccccc2C1. The van der Waals surface area contributed by atoms with Crippen molar-refractivity contribution in [1.29, 1.82) is 0 Å². The normalized spacial score (nSPS) is 21.6. The van der Waals surface area contributed by atoms with Crippen molar-refractivity contribution in [3.05, 3.63) is 70.8 Å². The second-order valence-corrected chi connectivity index (χ2v) is 5.72. The van der Waals surface area contributed by atoms with Crippen LogP contribution in [0.15, 0.2) is 42.5 Å². The van der Waals surface area contributed by atoms with Crippen LogP contribution in [0.3, 0.4) is 0 Å². The lowest BCUT2D eigenvalue weighted by atomic mass is 9.75. The Morgan fingerprint density at radius 3 is 2.60 bits per heavy atom. The van der Waals surface area contributed by atoms with Gasteiger partial charge in [-0.05, 0) is 60.6 Å². The van der Waals surface area contributed by atoms with E-state index in [4.69, 9.17) is 5.73 Å². The summed E-state index contributed by atoms with van der Waals surface area (Å²) in [6.45, 7) is 0. The van der Waals surface area contributed by atoms with Gasteiger partial charge in [-0.15, -0.1) is 0 Å². The van der Waals surface area contributed by atoms with E-state index < -0.39 is 11.4 Å². The van der Waals surface area contributed by atoms with Crippen LogP contribution in [0, 0.1) is 11.6 Å². The van der Waals surface area contributed by atoms with Crippen LogP contribution < -0.4 is 5.73 Å². The summed E-state index contributed by atoms with van der Waals surface area (Å²) in [5, 5.41) is 0. The fourth-order valence-corrected chi connectivity index (χ4v) is 3.03. The van der Waals surface area contributed by atoms with E-state index in [0.717, 1.165) is 18.9 Å². The highest BCUT2D eigenvalue weighted by atomic mass is 19.1. The van der Waals surface area contributed by atoms with Gasteiger partial charge in [-0.2, -0.15) is 0 Å². The van der Waals surface area contributed by atoms with Crippen LogP contribution in [-0.2, 0) is 19.3 Å². The third-order valence-corrected chi connectivity index (χ3v) is 4.10. The Balaban J connectivity index is 1.86. The van der Waals surface area contributed by atoms with Crippen molar-refractivity contribution in [2.24, 2.45) is 5.73 Å². The molecule has 1 nitrogen and oxygen atoms in total. The number of rotatable bonds is 2. The first-order valence-corrected chi connectivity index (χ1v) is 6.85. The van der Waals surface area contributed by atoms with Crippen LogP contribution in [0.4, 0.5) is 8.78 Å². The van der Waals surface area contributed by atoms with E-state index in [1.54, 1.807) is 0 Å². The lowest BCUT2D eigenvalue weighted by molar-refractivity contribution is 0.363. The predicted octanol–water partition coefficient (Wildman–Crippen LogP) is 3.39. The molecule has 1 aliphatic carbocycles. The summed E-state index contributed by atoms with van der Waals surface area (Å²) in [7, 11) is 0. The Morgan fingerprint density at radius 2 is 1.80 bits per heavy atom. The molecule has 0 radical (unpaired) electrons. The molecule has 3 heteroatoms. The number of hydrogen-bond donors (Lipinski definition) is 1. The molecule has 2 N–H and O–H groups in total. The van der Waals surface area contributed by atoms with Crippen LogP contribution in [-0.4, -0.2) is 5.54 Å². The number of fused-ring (bicyclic) bond motifs is 1. The Bertz CT molecular complexity index is 639. The second kappa shape index (κ2) is 4.98. The van der Waals surface area contributed by atoms with E-state index in [9.17, 15) is 8.78 Å². The highest BCUT2D eigenvalue weighted by molar-refractivity contribution is 5.33. The third-order valence-electron chi connectivity index (χ3n) is 4.10. The summed E-state index contributed by atoms with van der Waals surface area (Å²) in [4.78, 5) is 0. The molecule has 0 saturated carbocycles. The molecular weight excluding hydrogens is 256 g/mol. The molecule has 0 fully saturated rings. The average Bonchev–Trinajstić information content (AvgIpc) is 2.42. The van der Waals surface area contributed by atoms with Crippen molar-refractivity contribution in [3.63, 3.8) is 0 Å². The molecule has 1 aliphatic rings. The van der Waals surface area contributed by atoms with Gasteiger partial charge in [0.1, 0.15) is 11.6 Å². The number of halogens is 2. The summed E-state index contributed by atoms with van der Waals surface area (Å²) in [5.41, 5.74) is 8.84. The van der Waals surface area contributed by atoms with Gasteiger partial charge in [0, 0.05) is 5.54 Å². The monoisotopic (exact) mass is 273 g/mol. The summed E-state index contributed by atoms with van der Waals surface area (Å²) < 4.78 is 27.0. The zero-order chi connectivity index (χ0) is 14.2. The van der Waals surface area contributed by atoms with Gasteiger partial charge in [0.25, 0.3) is 0 Å². The van der Waals surface area contributed by atoms with Crippen LogP contribution in [0.25, 0.3) is 0 Å². The second-order valence-electron chi connectivity index (χ2n) is 5.72. The number of benzene rings is 2. The average molecular weight is 273 g/mol. The predicted molar refractivity (Wildman–Crippen MR) is 75.4 cm³/mol. The lowest BCUT2D eigenvalue weighted by Crippen LogP contribution is -2.47. The van der Waals surface area contributed by atoms with Crippen molar-refractivity contribution in [3.8, 4) is 0 Å². The third kappa shape index (κ3) is 2.59. The Labute approximate surface area is 117 Å². The summed E-state index contributed by atoms with van der Waals surface area (Å²) >= 11 is 0. The van der Waals surface area contributed by atoms with E-state index in [1.807, 2.05) is 12.1 Å². The van der Waals surface area contributed by atoms with E-state index in [1.165, 1.54) is 23.3 Å². The van der Waals surface area contributed by atoms with E-state index in [0.29, 0.717) is 18.4 Å². The zero-order valence-corrected chi connectivity index (χ0v) is 11.2. The standard InChI is InChI=1S/C17H17F2N/c18-15-5-6-16(19)14(9-15)11-17(20)8-7-12-3-1-2-4-13(12)10-17/h1-6,9H,7-8,10-11,20H2. The van der Waals surface area contributed by atoms with Crippen molar-refractivity contribution in [2.45, 2.75) is 31.2 Å². The Kier molecular flexibility index (Phi) is 3.30. The van der Waals surface area contributed by atoms with Gasteiger partial charge in [-0.3, -0.25) is 0 Å². The van der Waals surface area contributed by atoms with Gasteiger partial charge in [0.2, 0.25) is 0 Å². The topological polar surface area (TPSA) is 26.0 Å². The van der Waals surface area contributed by atoms with Gasteiger partial charge in [0.15, 0.2) is 0 Å². The number of nitrogens with two attached hydrogens (primary N) is 1. The summed E-state index contributed by atoms with van der Waals surface area (Å²) in [6, 6.07) is 11.8.